The molecule has 0 N–H and O–H groups in total. The number of hydrogen-bond donors (Lipinski definition) is 0. The number of hydrogen-bond acceptors (Lipinski definition) is 5. The average molecular weight is 995 g/mol. The SMILES string of the molecule is CCCCN(CCCCCCC(=O)CC1CCC2(C)C(=CCC3C2CCC2(C)C(C(C)=O)CCC32)C1)CCCCCCC(=O)OC1CCC2(C)C(=CCC3C2CCC2(C)C(C(C)CCCC(C)C)CCC32)C1. The summed E-state index contributed by atoms with van der Waals surface area (Å²) in [4.78, 5) is 41.8. The zero-order valence-corrected chi connectivity index (χ0v) is 48.4. The maximum absolute atomic E-state index is 13.3. The summed E-state index contributed by atoms with van der Waals surface area (Å²) in [5, 5.41) is 0. The molecule has 6 fully saturated rings. The molecule has 6 saturated carbocycles. The maximum atomic E-state index is 13.3. The second-order valence-corrected chi connectivity index (χ2v) is 28.6. The first-order valence-electron chi connectivity index (χ1n) is 31.8. The molecule has 5 heteroatoms. The number of Topliss-reactive ketones (excluding diaryl/α,β-unsaturated/α-hetero) is 2. The van der Waals surface area contributed by atoms with Crippen LogP contribution in [-0.2, 0) is 19.1 Å². The molecule has 0 spiro atoms. The number of rotatable bonds is 26. The lowest BCUT2D eigenvalue weighted by atomic mass is 9.46. The first kappa shape index (κ1) is 56.5. The first-order chi connectivity index (χ1) is 34.5. The van der Waals surface area contributed by atoms with Crippen LogP contribution in [0.3, 0.4) is 0 Å². The van der Waals surface area contributed by atoms with Crippen LogP contribution in [0.4, 0.5) is 0 Å². The second-order valence-electron chi connectivity index (χ2n) is 28.6. The highest BCUT2D eigenvalue weighted by atomic mass is 16.5. The van der Waals surface area contributed by atoms with Gasteiger partial charge in [-0.1, -0.05) is 130 Å². The Morgan fingerprint density at radius 1 is 0.611 bits per heavy atom. The third kappa shape index (κ3) is 12.3. The summed E-state index contributed by atoms with van der Waals surface area (Å²) in [6, 6.07) is 0. The highest BCUT2D eigenvalue weighted by molar-refractivity contribution is 5.79. The fourth-order valence-corrected chi connectivity index (χ4v) is 19.7. The predicted octanol–water partition coefficient (Wildman–Crippen LogP) is 17.7. The molecule has 0 heterocycles. The molecule has 0 radical (unpaired) electrons. The van der Waals surface area contributed by atoms with E-state index in [0.29, 0.717) is 46.1 Å². The van der Waals surface area contributed by atoms with Crippen LogP contribution in [-0.4, -0.2) is 48.2 Å². The van der Waals surface area contributed by atoms with Gasteiger partial charge in [0.05, 0.1) is 0 Å². The van der Waals surface area contributed by atoms with Crippen molar-refractivity contribution >= 4 is 17.5 Å². The number of allylic oxidation sites excluding steroid dienone is 3. The molecule has 15 atom stereocenters. The molecular weight excluding hydrogens is 883 g/mol. The summed E-state index contributed by atoms with van der Waals surface area (Å²) in [5.41, 5.74) is 4.67. The van der Waals surface area contributed by atoms with Gasteiger partial charge in [-0.15, -0.1) is 0 Å². The maximum Gasteiger partial charge on any atom is 0.306 e. The molecule has 0 aromatic rings. The van der Waals surface area contributed by atoms with Crippen molar-refractivity contribution in [2.45, 2.75) is 274 Å². The summed E-state index contributed by atoms with van der Waals surface area (Å²) in [5.74, 6) is 9.14. The zero-order valence-electron chi connectivity index (χ0n) is 48.4. The lowest BCUT2D eigenvalue weighted by Gasteiger charge is -2.58. The standard InChI is InChI=1S/C67H111NO4/c1-10-11-41-68(42-18-14-12-16-23-53(70)45-50-33-37-64(6)51(44-50)25-27-56-60-32-30-58(49(5)69)67(60,9)40-36-61(56)64)43-19-15-13-17-24-63(71)72-54-34-38-65(7)52(46-54)26-28-55-59-31-29-57(48(4)22-20-21-47(2)3)66(59,8)39-35-62(55)65/h25-26,47-48,50,54-62H,10-24,27-46H2,1-9H3. The van der Waals surface area contributed by atoms with Gasteiger partial charge in [0.15, 0.2) is 0 Å². The van der Waals surface area contributed by atoms with Crippen LogP contribution in [0, 0.1) is 86.8 Å². The Morgan fingerprint density at radius 2 is 1.19 bits per heavy atom. The normalized spacial score (nSPS) is 38.4. The van der Waals surface area contributed by atoms with E-state index in [-0.39, 0.29) is 23.4 Å². The highest BCUT2D eigenvalue weighted by Gasteiger charge is 2.61. The average Bonchev–Trinajstić information content (AvgIpc) is 3.89. The van der Waals surface area contributed by atoms with Gasteiger partial charge in [0.25, 0.3) is 0 Å². The molecule has 0 aliphatic heterocycles. The summed E-state index contributed by atoms with van der Waals surface area (Å²) in [6.45, 7) is 25.4. The summed E-state index contributed by atoms with van der Waals surface area (Å²) in [7, 11) is 0. The molecular formula is C67H111NO4. The van der Waals surface area contributed by atoms with E-state index in [4.69, 9.17) is 4.74 Å². The second kappa shape index (κ2) is 24.7. The molecule has 408 valence electrons. The van der Waals surface area contributed by atoms with Crippen LogP contribution in [0.1, 0.15) is 268 Å². The molecule has 15 unspecified atom stereocenters. The Hall–Kier alpha value is -1.75. The topological polar surface area (TPSA) is 63.7 Å². The molecule has 8 aliphatic rings. The van der Waals surface area contributed by atoms with E-state index < -0.39 is 0 Å². The Balaban J connectivity index is 0.671. The van der Waals surface area contributed by atoms with Crippen molar-refractivity contribution in [2.75, 3.05) is 19.6 Å². The Labute approximate surface area is 443 Å². The van der Waals surface area contributed by atoms with Crippen LogP contribution in [0.5, 0.6) is 0 Å². The number of carbonyl (C=O) groups excluding carboxylic acids is 3. The number of ether oxygens (including phenoxy) is 1. The molecule has 8 aliphatic carbocycles. The molecule has 0 aromatic heterocycles. The highest BCUT2D eigenvalue weighted by Crippen LogP contribution is 2.69. The fraction of sp³-hybridized carbons (Fsp3) is 0.896. The van der Waals surface area contributed by atoms with Crippen molar-refractivity contribution in [3.05, 3.63) is 23.3 Å². The van der Waals surface area contributed by atoms with Gasteiger partial charge in [-0.2, -0.15) is 0 Å². The van der Waals surface area contributed by atoms with Crippen LogP contribution < -0.4 is 0 Å². The van der Waals surface area contributed by atoms with Crippen molar-refractivity contribution in [2.24, 2.45) is 86.8 Å². The van der Waals surface area contributed by atoms with Crippen molar-refractivity contribution < 1.29 is 19.1 Å². The van der Waals surface area contributed by atoms with Crippen molar-refractivity contribution in [1.82, 2.24) is 4.90 Å². The summed E-state index contributed by atoms with van der Waals surface area (Å²) < 4.78 is 6.24. The van der Waals surface area contributed by atoms with Crippen LogP contribution >= 0.6 is 0 Å². The van der Waals surface area contributed by atoms with E-state index in [1.807, 2.05) is 6.92 Å². The molecule has 0 saturated heterocycles. The molecule has 5 nitrogen and oxygen atoms in total. The molecule has 0 aromatic carbocycles. The van der Waals surface area contributed by atoms with Crippen molar-refractivity contribution in [1.29, 1.82) is 0 Å². The van der Waals surface area contributed by atoms with E-state index >= 15 is 0 Å². The van der Waals surface area contributed by atoms with E-state index in [9.17, 15) is 14.4 Å². The van der Waals surface area contributed by atoms with Gasteiger partial charge in [-0.3, -0.25) is 14.4 Å². The zero-order chi connectivity index (χ0) is 51.3. The fourth-order valence-electron chi connectivity index (χ4n) is 19.7. The van der Waals surface area contributed by atoms with Gasteiger partial charge in [0, 0.05) is 31.6 Å². The summed E-state index contributed by atoms with van der Waals surface area (Å²) in [6.07, 6.45) is 43.2. The minimum absolute atomic E-state index is 0.0379. The summed E-state index contributed by atoms with van der Waals surface area (Å²) >= 11 is 0. The van der Waals surface area contributed by atoms with Crippen LogP contribution in [0.15, 0.2) is 23.3 Å². The smallest absolute Gasteiger partial charge is 0.306 e. The Bertz CT molecular complexity index is 1880. The number of ketones is 2. The van der Waals surface area contributed by atoms with Gasteiger partial charge < -0.3 is 9.64 Å². The minimum Gasteiger partial charge on any atom is -0.462 e. The number of carbonyl (C=O) groups is 3. The van der Waals surface area contributed by atoms with Gasteiger partial charge in [0.1, 0.15) is 17.7 Å². The third-order valence-corrected chi connectivity index (χ3v) is 23.9. The van der Waals surface area contributed by atoms with Gasteiger partial charge in [-0.25, -0.2) is 0 Å². The number of unbranched alkanes of at least 4 members (excludes halogenated alkanes) is 7. The molecule has 8 rings (SSSR count). The minimum atomic E-state index is 0.0379. The first-order valence-corrected chi connectivity index (χ1v) is 31.8. The van der Waals surface area contributed by atoms with Gasteiger partial charge in [0.2, 0.25) is 0 Å². The van der Waals surface area contributed by atoms with E-state index in [2.05, 4.69) is 72.4 Å². The molecule has 0 bridgehead atoms. The van der Waals surface area contributed by atoms with Crippen molar-refractivity contribution in [3.63, 3.8) is 0 Å². The molecule has 72 heavy (non-hydrogen) atoms. The third-order valence-electron chi connectivity index (χ3n) is 23.9. The quantitative estimate of drug-likeness (QED) is 0.0491. The number of esters is 1. The van der Waals surface area contributed by atoms with E-state index in [0.717, 1.165) is 112 Å². The molecule has 0 amide bonds. The number of nitrogens with zero attached hydrogens (tertiary/aromatic N) is 1. The lowest BCUT2D eigenvalue weighted by Crippen LogP contribution is -2.51. The van der Waals surface area contributed by atoms with Gasteiger partial charge in [-0.05, 0) is 236 Å². The Kier molecular flexibility index (Phi) is 19.4. The van der Waals surface area contributed by atoms with Crippen LogP contribution in [0.25, 0.3) is 0 Å². The van der Waals surface area contributed by atoms with E-state index in [1.165, 1.54) is 154 Å². The van der Waals surface area contributed by atoms with Crippen LogP contribution in [0.2, 0.25) is 0 Å². The largest absolute Gasteiger partial charge is 0.462 e. The van der Waals surface area contributed by atoms with Crippen molar-refractivity contribution in [3.8, 4) is 0 Å². The predicted molar refractivity (Wildman–Crippen MR) is 299 cm³/mol. The number of fused-ring (bicyclic) bond motifs is 10. The monoisotopic (exact) mass is 994 g/mol. The lowest BCUT2D eigenvalue weighted by molar-refractivity contribution is -0.151. The van der Waals surface area contributed by atoms with Gasteiger partial charge >= 0.3 is 5.97 Å². The Morgan fingerprint density at radius 3 is 1.85 bits per heavy atom. The van der Waals surface area contributed by atoms with E-state index in [1.54, 1.807) is 11.1 Å².